The van der Waals surface area contributed by atoms with E-state index in [0.717, 1.165) is 17.7 Å². The van der Waals surface area contributed by atoms with Gasteiger partial charge in [-0.15, -0.1) is 0 Å². The lowest BCUT2D eigenvalue weighted by molar-refractivity contribution is 0.263. The van der Waals surface area contributed by atoms with Crippen molar-refractivity contribution in [2.24, 2.45) is 0 Å². The Morgan fingerprint density at radius 1 is 1.61 bits per heavy atom. The van der Waals surface area contributed by atoms with E-state index in [1.807, 2.05) is 19.1 Å². The average molecular weight is 248 g/mol. The third kappa shape index (κ3) is 1.85. The molecule has 1 aromatic rings. The van der Waals surface area contributed by atoms with Crippen LogP contribution < -0.4 is 4.90 Å². The zero-order chi connectivity index (χ0) is 13.3. The fourth-order valence-corrected chi connectivity index (χ4v) is 2.80. The Morgan fingerprint density at radius 2 is 2.33 bits per heavy atom. The summed E-state index contributed by atoms with van der Waals surface area (Å²) in [4.78, 5) is 2.11. The number of nitrogens with zero attached hydrogens (tertiary/aromatic N) is 2. The van der Waals surface area contributed by atoms with E-state index in [1.54, 1.807) is 6.07 Å². The predicted molar refractivity (Wildman–Crippen MR) is 68.2 cm³/mol. The molecule has 3 nitrogen and oxygen atoms in total. The van der Waals surface area contributed by atoms with Crippen LogP contribution in [0.5, 0.6) is 0 Å². The third-order valence-corrected chi connectivity index (χ3v) is 3.65. The molecule has 0 aliphatic carbocycles. The van der Waals surface area contributed by atoms with Gasteiger partial charge in [-0.25, -0.2) is 4.39 Å². The van der Waals surface area contributed by atoms with E-state index in [4.69, 9.17) is 5.26 Å². The zero-order valence-electron chi connectivity index (χ0n) is 10.7. The van der Waals surface area contributed by atoms with Crippen LogP contribution in [0.25, 0.3) is 0 Å². The number of rotatable bonds is 3. The maximum Gasteiger partial charge on any atom is 0.116 e. The molecular formula is C14H17FN2O. The lowest BCUT2D eigenvalue weighted by Gasteiger charge is -2.30. The minimum atomic E-state index is -0.611. The number of nitriles is 1. The molecule has 1 N–H and O–H groups in total. The molecule has 0 bridgehead atoms. The monoisotopic (exact) mass is 248 g/mol. The highest BCUT2D eigenvalue weighted by atomic mass is 19.1. The fraction of sp³-hybridized carbons (Fsp3) is 0.500. The van der Waals surface area contributed by atoms with Crippen molar-refractivity contribution in [3.63, 3.8) is 0 Å². The first-order chi connectivity index (χ1) is 8.63. The Bertz CT molecular complexity index is 495. The molecule has 0 aromatic heterocycles. The van der Waals surface area contributed by atoms with E-state index < -0.39 is 6.67 Å². The molecule has 2 atom stereocenters. The van der Waals surface area contributed by atoms with Gasteiger partial charge in [0.2, 0.25) is 0 Å². The minimum absolute atomic E-state index is 0.00152. The molecule has 0 radical (unpaired) electrons. The van der Waals surface area contributed by atoms with Gasteiger partial charge in [-0.2, -0.15) is 5.26 Å². The summed E-state index contributed by atoms with van der Waals surface area (Å²) in [6, 6.07) is 5.80. The quantitative estimate of drug-likeness (QED) is 0.891. The summed E-state index contributed by atoms with van der Waals surface area (Å²) in [5.41, 5.74) is 2.80. The summed E-state index contributed by atoms with van der Waals surface area (Å²) in [6.45, 7) is 3.45. The van der Waals surface area contributed by atoms with Crippen LogP contribution in [0.4, 0.5) is 10.1 Å². The predicted octanol–water partition coefficient (Wildman–Crippen LogP) is 2.16. The van der Waals surface area contributed by atoms with Crippen molar-refractivity contribution in [2.45, 2.75) is 39.0 Å². The second-order valence-corrected chi connectivity index (χ2v) is 4.83. The Labute approximate surface area is 106 Å². The van der Waals surface area contributed by atoms with Gasteiger partial charge in [-0.1, -0.05) is 0 Å². The van der Waals surface area contributed by atoms with Crippen LogP contribution in [-0.2, 0) is 13.1 Å². The molecule has 0 amide bonds. The molecular weight excluding hydrogens is 231 g/mol. The second kappa shape index (κ2) is 4.95. The van der Waals surface area contributed by atoms with Crippen LogP contribution in [0.15, 0.2) is 12.1 Å². The number of alkyl halides is 1. The highest BCUT2D eigenvalue weighted by molar-refractivity contribution is 5.66. The zero-order valence-corrected chi connectivity index (χ0v) is 10.7. The molecule has 1 unspecified atom stereocenters. The molecule has 96 valence electrons. The lowest BCUT2D eigenvalue weighted by Crippen LogP contribution is -2.39. The van der Waals surface area contributed by atoms with Gasteiger partial charge in [-0.05, 0) is 38.0 Å². The molecule has 0 fully saturated rings. The van der Waals surface area contributed by atoms with Gasteiger partial charge in [0.25, 0.3) is 0 Å². The minimum Gasteiger partial charge on any atom is -0.394 e. The van der Waals surface area contributed by atoms with Gasteiger partial charge in [0.1, 0.15) is 6.67 Å². The largest absolute Gasteiger partial charge is 0.394 e. The first kappa shape index (κ1) is 12.8. The summed E-state index contributed by atoms with van der Waals surface area (Å²) in [5, 5.41) is 18.3. The number of hydrogen-bond donors (Lipinski definition) is 1. The summed E-state index contributed by atoms with van der Waals surface area (Å²) in [7, 11) is 0. The van der Waals surface area contributed by atoms with E-state index in [9.17, 15) is 9.50 Å². The van der Waals surface area contributed by atoms with Crippen molar-refractivity contribution in [3.05, 3.63) is 28.8 Å². The SMILES string of the molecule is CC1Cc2c(ccc(C#N)c2CF)N1[C@H](C)CO. The number of hydrogen-bond acceptors (Lipinski definition) is 3. The standard InChI is InChI=1S/C14H17FN2O/c1-9-5-12-13(6-15)11(7-16)3-4-14(12)17(9)10(2)8-18/h3-4,9-10,18H,5-6,8H2,1-2H3/t9?,10-/m1/s1. The topological polar surface area (TPSA) is 47.3 Å². The highest BCUT2D eigenvalue weighted by Gasteiger charge is 2.31. The first-order valence-corrected chi connectivity index (χ1v) is 6.14. The van der Waals surface area contributed by atoms with Crippen molar-refractivity contribution >= 4 is 5.69 Å². The van der Waals surface area contributed by atoms with Crippen LogP contribution in [-0.4, -0.2) is 23.8 Å². The Morgan fingerprint density at radius 3 is 2.89 bits per heavy atom. The highest BCUT2D eigenvalue weighted by Crippen LogP contribution is 2.37. The number of aliphatic hydroxyl groups excluding tert-OH is 1. The van der Waals surface area contributed by atoms with Crippen LogP contribution in [0, 0.1) is 11.3 Å². The van der Waals surface area contributed by atoms with Crippen molar-refractivity contribution < 1.29 is 9.50 Å². The van der Waals surface area contributed by atoms with E-state index in [2.05, 4.69) is 11.8 Å². The smallest absolute Gasteiger partial charge is 0.116 e. The molecule has 0 saturated carbocycles. The van der Waals surface area contributed by atoms with Gasteiger partial charge < -0.3 is 10.0 Å². The van der Waals surface area contributed by atoms with Crippen molar-refractivity contribution in [1.29, 1.82) is 5.26 Å². The van der Waals surface area contributed by atoms with E-state index in [1.165, 1.54) is 0 Å². The van der Waals surface area contributed by atoms with Gasteiger partial charge in [0, 0.05) is 23.3 Å². The second-order valence-electron chi connectivity index (χ2n) is 4.83. The summed E-state index contributed by atoms with van der Waals surface area (Å²) < 4.78 is 13.1. The van der Waals surface area contributed by atoms with Crippen molar-refractivity contribution in [1.82, 2.24) is 0 Å². The van der Waals surface area contributed by atoms with Gasteiger partial charge in [0.15, 0.2) is 0 Å². The maximum absolute atomic E-state index is 13.1. The molecule has 1 aromatic carbocycles. The number of benzene rings is 1. The fourth-order valence-electron chi connectivity index (χ4n) is 2.80. The Kier molecular flexibility index (Phi) is 3.53. The lowest BCUT2D eigenvalue weighted by atomic mass is 9.99. The normalized spacial score (nSPS) is 19.5. The Hall–Kier alpha value is -1.60. The summed E-state index contributed by atoms with van der Waals surface area (Å²) in [6.07, 6.45) is 0.731. The van der Waals surface area contributed by atoms with Crippen LogP contribution in [0.2, 0.25) is 0 Å². The molecule has 1 aliphatic heterocycles. The number of fused-ring (bicyclic) bond motifs is 1. The van der Waals surface area contributed by atoms with E-state index in [-0.39, 0.29) is 18.7 Å². The number of anilines is 1. The van der Waals surface area contributed by atoms with Crippen LogP contribution in [0.1, 0.15) is 30.5 Å². The van der Waals surface area contributed by atoms with E-state index in [0.29, 0.717) is 11.1 Å². The van der Waals surface area contributed by atoms with E-state index >= 15 is 0 Å². The van der Waals surface area contributed by atoms with Crippen molar-refractivity contribution in [2.75, 3.05) is 11.5 Å². The molecule has 0 spiro atoms. The summed E-state index contributed by atoms with van der Waals surface area (Å²) in [5.74, 6) is 0. The van der Waals surface area contributed by atoms with Crippen LogP contribution >= 0.6 is 0 Å². The van der Waals surface area contributed by atoms with Gasteiger partial charge in [-0.3, -0.25) is 0 Å². The maximum atomic E-state index is 13.1. The Balaban J connectivity index is 2.52. The van der Waals surface area contributed by atoms with Gasteiger partial charge >= 0.3 is 0 Å². The van der Waals surface area contributed by atoms with Gasteiger partial charge in [0.05, 0.1) is 18.2 Å². The van der Waals surface area contributed by atoms with Crippen LogP contribution in [0.3, 0.4) is 0 Å². The number of aliphatic hydroxyl groups is 1. The average Bonchev–Trinajstić information content (AvgIpc) is 2.72. The first-order valence-electron chi connectivity index (χ1n) is 6.14. The summed E-state index contributed by atoms with van der Waals surface area (Å²) >= 11 is 0. The molecule has 4 heteroatoms. The third-order valence-electron chi connectivity index (χ3n) is 3.65. The molecule has 18 heavy (non-hydrogen) atoms. The molecule has 1 aliphatic rings. The molecule has 2 rings (SSSR count). The molecule has 0 saturated heterocycles. The molecule has 1 heterocycles. The number of halogens is 1. The van der Waals surface area contributed by atoms with Crippen molar-refractivity contribution in [3.8, 4) is 6.07 Å².